The molecular formula is C19H14Cl2O3. The van der Waals surface area contributed by atoms with Gasteiger partial charge in [-0.2, -0.15) is 0 Å². The van der Waals surface area contributed by atoms with Crippen LogP contribution in [0.2, 0.25) is 10.0 Å². The van der Waals surface area contributed by atoms with Crippen molar-refractivity contribution >= 4 is 29.2 Å². The van der Waals surface area contributed by atoms with Gasteiger partial charge >= 0.3 is 5.97 Å². The molecule has 0 aliphatic rings. The second-order valence-electron chi connectivity index (χ2n) is 5.42. The average Bonchev–Trinajstić information content (AvgIpc) is 3.01. The maximum Gasteiger partial charge on any atom is 0.379 e. The van der Waals surface area contributed by atoms with Crippen molar-refractivity contribution in [3.05, 3.63) is 75.5 Å². The van der Waals surface area contributed by atoms with Crippen molar-refractivity contribution in [2.75, 3.05) is 0 Å². The number of ether oxygens (including phenoxy) is 1. The summed E-state index contributed by atoms with van der Waals surface area (Å²) in [4.78, 5) is 12.2. The first kappa shape index (κ1) is 16.6. The molecule has 0 unspecified atom stereocenters. The third-order valence-corrected chi connectivity index (χ3v) is 4.24. The van der Waals surface area contributed by atoms with Crippen molar-refractivity contribution < 1.29 is 13.9 Å². The van der Waals surface area contributed by atoms with Crippen LogP contribution in [-0.4, -0.2) is 5.97 Å². The van der Waals surface area contributed by atoms with Crippen LogP contribution in [0.1, 0.15) is 21.7 Å². The quantitative estimate of drug-likeness (QED) is 0.419. The molecule has 0 saturated carbocycles. The van der Waals surface area contributed by atoms with Gasteiger partial charge in [0.05, 0.1) is 5.02 Å². The minimum atomic E-state index is -0.561. The molecule has 0 spiro atoms. The first-order valence-corrected chi connectivity index (χ1v) is 8.04. The van der Waals surface area contributed by atoms with Gasteiger partial charge in [0.1, 0.15) is 11.5 Å². The Labute approximate surface area is 149 Å². The Morgan fingerprint density at radius 3 is 2.46 bits per heavy atom. The second kappa shape index (κ2) is 6.71. The van der Waals surface area contributed by atoms with E-state index in [9.17, 15) is 4.79 Å². The highest BCUT2D eigenvalue weighted by Crippen LogP contribution is 2.31. The van der Waals surface area contributed by atoms with Crippen LogP contribution in [-0.2, 0) is 0 Å². The third kappa shape index (κ3) is 3.48. The molecule has 5 heteroatoms. The van der Waals surface area contributed by atoms with Gasteiger partial charge in [0, 0.05) is 10.6 Å². The fraction of sp³-hybridized carbons (Fsp3) is 0.105. The third-order valence-electron chi connectivity index (χ3n) is 3.69. The molecule has 0 amide bonds. The van der Waals surface area contributed by atoms with E-state index in [0.29, 0.717) is 27.1 Å². The highest BCUT2D eigenvalue weighted by Gasteiger charge is 2.16. The zero-order chi connectivity index (χ0) is 17.3. The number of aryl methyl sites for hydroxylation is 2. The molecule has 24 heavy (non-hydrogen) atoms. The molecule has 3 nitrogen and oxygen atoms in total. The highest BCUT2D eigenvalue weighted by molar-refractivity contribution is 6.36. The molecule has 0 atom stereocenters. The lowest BCUT2D eigenvalue weighted by Gasteiger charge is -2.05. The standard InChI is InChI=1S/C19H14Cl2O3/c1-11-3-5-14(9-12(11)2)23-19(22)18-8-7-17(24-18)15-6-4-13(20)10-16(15)21/h3-10H,1-2H3. The fourth-order valence-electron chi connectivity index (χ4n) is 2.22. The number of benzene rings is 2. The number of esters is 1. The molecule has 3 rings (SSSR count). The van der Waals surface area contributed by atoms with Crippen molar-refractivity contribution in [1.82, 2.24) is 0 Å². The van der Waals surface area contributed by atoms with E-state index in [-0.39, 0.29) is 5.76 Å². The number of rotatable bonds is 3. The lowest BCUT2D eigenvalue weighted by molar-refractivity contribution is 0.0702. The summed E-state index contributed by atoms with van der Waals surface area (Å²) in [6, 6.07) is 13.8. The number of carbonyl (C=O) groups excluding carboxylic acids is 1. The van der Waals surface area contributed by atoms with E-state index >= 15 is 0 Å². The number of hydrogen-bond acceptors (Lipinski definition) is 3. The van der Waals surface area contributed by atoms with E-state index in [4.69, 9.17) is 32.4 Å². The summed E-state index contributed by atoms with van der Waals surface area (Å²) >= 11 is 12.0. The number of furan rings is 1. The first-order chi connectivity index (χ1) is 11.4. The van der Waals surface area contributed by atoms with E-state index in [0.717, 1.165) is 11.1 Å². The van der Waals surface area contributed by atoms with Gasteiger partial charge in [0.25, 0.3) is 0 Å². The lowest BCUT2D eigenvalue weighted by atomic mass is 10.1. The molecule has 3 aromatic rings. The largest absolute Gasteiger partial charge is 0.449 e. The fourth-order valence-corrected chi connectivity index (χ4v) is 2.72. The Morgan fingerprint density at radius 2 is 1.75 bits per heavy atom. The van der Waals surface area contributed by atoms with Gasteiger partial charge in [-0.25, -0.2) is 4.79 Å². The monoisotopic (exact) mass is 360 g/mol. The molecule has 0 bridgehead atoms. The average molecular weight is 361 g/mol. The first-order valence-electron chi connectivity index (χ1n) is 7.29. The summed E-state index contributed by atoms with van der Waals surface area (Å²) in [7, 11) is 0. The number of carbonyl (C=O) groups is 1. The molecule has 1 heterocycles. The van der Waals surface area contributed by atoms with E-state index in [2.05, 4.69) is 0 Å². The van der Waals surface area contributed by atoms with Gasteiger partial charge in [0.15, 0.2) is 0 Å². The van der Waals surface area contributed by atoms with Crippen molar-refractivity contribution in [3.63, 3.8) is 0 Å². The molecule has 0 aliphatic heterocycles. The van der Waals surface area contributed by atoms with Crippen LogP contribution in [0.4, 0.5) is 0 Å². The molecule has 0 fully saturated rings. The summed E-state index contributed by atoms with van der Waals surface area (Å²) in [5, 5.41) is 0.982. The van der Waals surface area contributed by atoms with Gasteiger partial charge in [-0.15, -0.1) is 0 Å². The van der Waals surface area contributed by atoms with Crippen molar-refractivity contribution in [2.24, 2.45) is 0 Å². The van der Waals surface area contributed by atoms with Gasteiger partial charge in [-0.3, -0.25) is 0 Å². The zero-order valence-corrected chi connectivity index (χ0v) is 14.6. The normalized spacial score (nSPS) is 10.7. The SMILES string of the molecule is Cc1ccc(OC(=O)c2ccc(-c3ccc(Cl)cc3Cl)o2)cc1C. The minimum absolute atomic E-state index is 0.106. The summed E-state index contributed by atoms with van der Waals surface area (Å²) in [6.07, 6.45) is 0. The Kier molecular flexibility index (Phi) is 4.65. The van der Waals surface area contributed by atoms with Crippen LogP contribution in [0.15, 0.2) is 52.9 Å². The highest BCUT2D eigenvalue weighted by atomic mass is 35.5. The molecule has 0 saturated heterocycles. The summed E-state index contributed by atoms with van der Waals surface area (Å²) in [6.45, 7) is 3.95. The second-order valence-corrected chi connectivity index (χ2v) is 6.27. The Hall–Kier alpha value is -2.23. The van der Waals surface area contributed by atoms with Crippen molar-refractivity contribution in [1.29, 1.82) is 0 Å². The van der Waals surface area contributed by atoms with E-state index in [1.807, 2.05) is 26.0 Å². The zero-order valence-electron chi connectivity index (χ0n) is 13.1. The summed E-state index contributed by atoms with van der Waals surface area (Å²) in [5.74, 6) is 0.498. The van der Waals surface area contributed by atoms with Crippen LogP contribution in [0, 0.1) is 13.8 Å². The van der Waals surface area contributed by atoms with Crippen LogP contribution < -0.4 is 4.74 Å². The number of hydrogen-bond donors (Lipinski definition) is 0. The minimum Gasteiger partial charge on any atom is -0.449 e. The predicted molar refractivity (Wildman–Crippen MR) is 95.0 cm³/mol. The van der Waals surface area contributed by atoms with Crippen LogP contribution in [0.5, 0.6) is 5.75 Å². The van der Waals surface area contributed by atoms with Crippen LogP contribution >= 0.6 is 23.2 Å². The van der Waals surface area contributed by atoms with E-state index < -0.39 is 5.97 Å². The maximum atomic E-state index is 12.2. The molecular weight excluding hydrogens is 347 g/mol. The van der Waals surface area contributed by atoms with Crippen LogP contribution in [0.3, 0.4) is 0 Å². The Bertz CT molecular complexity index is 913. The molecule has 0 N–H and O–H groups in total. The van der Waals surface area contributed by atoms with Gasteiger partial charge in [-0.05, 0) is 67.4 Å². The van der Waals surface area contributed by atoms with Crippen LogP contribution in [0.25, 0.3) is 11.3 Å². The molecule has 1 aromatic heterocycles. The van der Waals surface area contributed by atoms with E-state index in [1.165, 1.54) is 0 Å². The van der Waals surface area contributed by atoms with Gasteiger partial charge in [-0.1, -0.05) is 29.3 Å². The maximum absolute atomic E-state index is 12.2. The predicted octanol–water partition coefficient (Wildman–Crippen LogP) is 6.09. The summed E-state index contributed by atoms with van der Waals surface area (Å²) < 4.78 is 10.9. The van der Waals surface area contributed by atoms with Gasteiger partial charge < -0.3 is 9.15 Å². The summed E-state index contributed by atoms with van der Waals surface area (Å²) in [5.41, 5.74) is 2.84. The molecule has 0 radical (unpaired) electrons. The smallest absolute Gasteiger partial charge is 0.379 e. The lowest BCUT2D eigenvalue weighted by Crippen LogP contribution is -2.07. The van der Waals surface area contributed by atoms with Crippen molar-refractivity contribution in [2.45, 2.75) is 13.8 Å². The van der Waals surface area contributed by atoms with Gasteiger partial charge in [0.2, 0.25) is 5.76 Å². The van der Waals surface area contributed by atoms with E-state index in [1.54, 1.807) is 36.4 Å². The topological polar surface area (TPSA) is 39.4 Å². The van der Waals surface area contributed by atoms with Crippen molar-refractivity contribution in [3.8, 4) is 17.1 Å². The Morgan fingerprint density at radius 1 is 0.958 bits per heavy atom. The molecule has 0 aliphatic carbocycles. The number of halogens is 2. The molecule has 122 valence electrons. The molecule has 2 aromatic carbocycles. The Balaban J connectivity index is 1.82.